The van der Waals surface area contributed by atoms with Crippen molar-refractivity contribution >= 4 is 12.0 Å². The van der Waals surface area contributed by atoms with E-state index >= 15 is 0 Å². The van der Waals surface area contributed by atoms with E-state index < -0.39 is 5.97 Å². The molecular formula is C11H12N4O2. The minimum absolute atomic E-state index is 0.390. The Morgan fingerprint density at radius 2 is 2.53 bits per heavy atom. The van der Waals surface area contributed by atoms with Crippen molar-refractivity contribution in [1.29, 1.82) is 0 Å². The molecule has 0 aliphatic heterocycles. The van der Waals surface area contributed by atoms with Gasteiger partial charge < -0.3 is 4.74 Å². The maximum Gasteiger partial charge on any atom is 0.338 e. The molecule has 1 rings (SSSR count). The number of aromatic nitrogens is 1. The Balaban J connectivity index is 2.76. The average Bonchev–Trinajstić information content (AvgIpc) is 2.38. The molecule has 0 aliphatic rings. The third-order valence-corrected chi connectivity index (χ3v) is 2.01. The van der Waals surface area contributed by atoms with Crippen LogP contribution < -0.4 is 0 Å². The van der Waals surface area contributed by atoms with Crippen molar-refractivity contribution in [3.8, 4) is 0 Å². The third-order valence-electron chi connectivity index (χ3n) is 2.01. The van der Waals surface area contributed by atoms with E-state index in [9.17, 15) is 4.79 Å². The summed E-state index contributed by atoms with van der Waals surface area (Å²) in [5.74, 6) is -0.401. The summed E-state index contributed by atoms with van der Waals surface area (Å²) in [7, 11) is 1.33. The Morgan fingerprint density at radius 3 is 3.24 bits per heavy atom. The molecule has 0 radical (unpaired) electrons. The average molecular weight is 232 g/mol. The molecule has 0 N–H and O–H groups in total. The molecule has 6 nitrogen and oxygen atoms in total. The van der Waals surface area contributed by atoms with Gasteiger partial charge in [-0.25, -0.2) is 4.79 Å². The van der Waals surface area contributed by atoms with E-state index in [-0.39, 0.29) is 0 Å². The molecule has 1 heterocycles. The lowest BCUT2D eigenvalue weighted by Crippen LogP contribution is -2.03. The number of carbonyl (C=O) groups is 1. The van der Waals surface area contributed by atoms with Gasteiger partial charge in [-0.1, -0.05) is 17.3 Å². The Labute approximate surface area is 98.6 Å². The lowest BCUT2D eigenvalue weighted by atomic mass is 10.1. The van der Waals surface area contributed by atoms with E-state index in [1.54, 1.807) is 18.3 Å². The van der Waals surface area contributed by atoms with Gasteiger partial charge in [0.2, 0.25) is 0 Å². The molecule has 0 saturated carbocycles. The highest BCUT2D eigenvalue weighted by molar-refractivity contribution is 5.93. The quantitative estimate of drug-likeness (QED) is 0.257. The van der Waals surface area contributed by atoms with E-state index in [1.165, 1.54) is 13.3 Å². The summed E-state index contributed by atoms with van der Waals surface area (Å²) in [4.78, 5) is 18.0. The van der Waals surface area contributed by atoms with Gasteiger partial charge >= 0.3 is 5.97 Å². The number of azide groups is 1. The summed E-state index contributed by atoms with van der Waals surface area (Å²) in [5, 5.41) is 3.40. The smallest absolute Gasteiger partial charge is 0.338 e. The molecular weight excluding hydrogens is 220 g/mol. The van der Waals surface area contributed by atoms with Gasteiger partial charge in [-0.05, 0) is 18.0 Å². The highest BCUT2D eigenvalue weighted by Crippen LogP contribution is 2.10. The zero-order chi connectivity index (χ0) is 12.5. The van der Waals surface area contributed by atoms with Gasteiger partial charge in [0.1, 0.15) is 0 Å². The molecule has 0 unspecified atom stereocenters. The van der Waals surface area contributed by atoms with Crippen molar-refractivity contribution in [3.05, 3.63) is 46.1 Å². The largest absolute Gasteiger partial charge is 0.465 e. The monoisotopic (exact) mass is 232 g/mol. The van der Waals surface area contributed by atoms with Crippen LogP contribution in [-0.2, 0) is 4.74 Å². The number of methoxy groups -OCH3 is 1. The van der Waals surface area contributed by atoms with Gasteiger partial charge in [-0.3, -0.25) is 4.98 Å². The van der Waals surface area contributed by atoms with Crippen molar-refractivity contribution in [3.63, 3.8) is 0 Å². The number of nitrogens with zero attached hydrogens (tertiary/aromatic N) is 4. The zero-order valence-electron chi connectivity index (χ0n) is 9.41. The maximum absolute atomic E-state index is 11.4. The fourth-order valence-electron chi connectivity index (χ4n) is 1.22. The molecule has 0 amide bonds. The second-order valence-corrected chi connectivity index (χ2v) is 3.10. The highest BCUT2D eigenvalue weighted by atomic mass is 16.5. The number of pyridine rings is 1. The first-order valence-electron chi connectivity index (χ1n) is 4.99. The lowest BCUT2D eigenvalue weighted by molar-refractivity contribution is 0.0600. The van der Waals surface area contributed by atoms with Crippen molar-refractivity contribution in [2.75, 3.05) is 13.7 Å². The molecule has 0 saturated heterocycles. The van der Waals surface area contributed by atoms with Crippen LogP contribution in [0, 0.1) is 0 Å². The molecule has 0 aliphatic carbocycles. The van der Waals surface area contributed by atoms with Crippen LogP contribution in [0.2, 0.25) is 0 Å². The van der Waals surface area contributed by atoms with Crippen LogP contribution in [0.15, 0.2) is 29.7 Å². The van der Waals surface area contributed by atoms with Gasteiger partial charge in [0, 0.05) is 29.4 Å². The predicted octanol–water partition coefficient (Wildman–Crippen LogP) is 2.58. The van der Waals surface area contributed by atoms with Gasteiger partial charge in [0.15, 0.2) is 0 Å². The molecule has 1 aromatic rings. The molecule has 17 heavy (non-hydrogen) atoms. The second kappa shape index (κ2) is 7.03. The molecule has 6 heteroatoms. The molecule has 0 bridgehead atoms. The first-order valence-corrected chi connectivity index (χ1v) is 4.99. The van der Waals surface area contributed by atoms with E-state index in [0.717, 1.165) is 0 Å². The fourth-order valence-corrected chi connectivity index (χ4v) is 1.22. The summed E-state index contributed by atoms with van der Waals surface area (Å²) >= 11 is 0. The third kappa shape index (κ3) is 3.96. The van der Waals surface area contributed by atoms with Gasteiger partial charge in [0.05, 0.1) is 12.7 Å². The van der Waals surface area contributed by atoms with Gasteiger partial charge in [0.25, 0.3) is 0 Å². The van der Waals surface area contributed by atoms with E-state index in [1.807, 2.05) is 6.08 Å². The highest BCUT2D eigenvalue weighted by Gasteiger charge is 2.08. The summed E-state index contributed by atoms with van der Waals surface area (Å²) in [5.41, 5.74) is 9.24. The normalized spacial score (nSPS) is 9.94. The fraction of sp³-hybridized carbons (Fsp3) is 0.273. The summed E-state index contributed by atoms with van der Waals surface area (Å²) in [6.07, 6.45) is 7.30. The Hall–Kier alpha value is -2.33. The number of hydrogen-bond acceptors (Lipinski definition) is 4. The predicted molar refractivity (Wildman–Crippen MR) is 63.2 cm³/mol. The minimum Gasteiger partial charge on any atom is -0.465 e. The van der Waals surface area contributed by atoms with Crippen LogP contribution in [0.25, 0.3) is 16.5 Å². The van der Waals surface area contributed by atoms with Crippen LogP contribution in [0.5, 0.6) is 0 Å². The zero-order valence-corrected chi connectivity index (χ0v) is 9.41. The molecule has 1 aromatic heterocycles. The second-order valence-electron chi connectivity index (χ2n) is 3.10. The van der Waals surface area contributed by atoms with E-state index in [2.05, 4.69) is 19.7 Å². The summed E-state index contributed by atoms with van der Waals surface area (Å²) < 4.78 is 4.65. The summed E-state index contributed by atoms with van der Waals surface area (Å²) in [6.45, 7) is 0.390. The molecule has 88 valence electrons. The lowest BCUT2D eigenvalue weighted by Gasteiger charge is -2.02. The van der Waals surface area contributed by atoms with Crippen LogP contribution in [0.3, 0.4) is 0 Å². The van der Waals surface area contributed by atoms with Crippen LogP contribution >= 0.6 is 0 Å². The van der Waals surface area contributed by atoms with Crippen molar-refractivity contribution in [1.82, 2.24) is 4.98 Å². The Morgan fingerprint density at radius 1 is 1.71 bits per heavy atom. The number of rotatable bonds is 5. The molecule has 0 spiro atoms. The standard InChI is InChI=1S/C11H12N4O2/c1-17-11(16)10-5-7-13-8-9(10)4-2-3-6-14-15-12/h2,4-5,7-8H,3,6H2,1H3. The molecule has 0 fully saturated rings. The Bertz CT molecular complexity index is 464. The van der Waals surface area contributed by atoms with Crippen molar-refractivity contribution in [2.45, 2.75) is 6.42 Å². The van der Waals surface area contributed by atoms with E-state index in [4.69, 9.17) is 5.53 Å². The Kier molecular flexibility index (Phi) is 5.27. The van der Waals surface area contributed by atoms with Crippen LogP contribution in [-0.4, -0.2) is 24.6 Å². The number of carbonyl (C=O) groups excluding carboxylic acids is 1. The number of ether oxygens (including phenoxy) is 1. The SMILES string of the molecule is COC(=O)c1ccncc1C=CCCN=[N+]=[N-]. The van der Waals surface area contributed by atoms with Crippen molar-refractivity contribution < 1.29 is 9.53 Å². The van der Waals surface area contributed by atoms with Crippen LogP contribution in [0.4, 0.5) is 0 Å². The topological polar surface area (TPSA) is 88.0 Å². The molecule has 0 atom stereocenters. The first-order chi connectivity index (χ1) is 8.29. The van der Waals surface area contributed by atoms with Gasteiger partial charge in [-0.15, -0.1) is 0 Å². The maximum atomic E-state index is 11.4. The number of hydrogen-bond donors (Lipinski definition) is 0. The number of esters is 1. The van der Waals surface area contributed by atoms with E-state index in [0.29, 0.717) is 24.1 Å². The van der Waals surface area contributed by atoms with Crippen molar-refractivity contribution in [2.24, 2.45) is 5.11 Å². The minimum atomic E-state index is -0.401. The first kappa shape index (κ1) is 12.7. The summed E-state index contributed by atoms with van der Waals surface area (Å²) in [6, 6.07) is 1.60. The van der Waals surface area contributed by atoms with Gasteiger partial charge in [-0.2, -0.15) is 0 Å². The van der Waals surface area contributed by atoms with Crippen LogP contribution in [0.1, 0.15) is 22.3 Å². The molecule has 0 aromatic carbocycles.